The van der Waals surface area contributed by atoms with Crippen molar-refractivity contribution in [3.8, 4) is 28.5 Å². The first-order valence-corrected chi connectivity index (χ1v) is 30.9. The molecule has 7 amide bonds. The molecule has 0 spiro atoms. The first-order chi connectivity index (χ1) is 44.1. The molecule has 1 aliphatic heterocycles. The van der Waals surface area contributed by atoms with Gasteiger partial charge in [0, 0.05) is 74.1 Å². The minimum Gasteiger partial charge on any atom is -0.484 e. The van der Waals surface area contributed by atoms with Gasteiger partial charge in [-0.1, -0.05) is 44.2 Å². The number of aromatic nitrogens is 8. The maximum atomic E-state index is 14.1. The highest BCUT2D eigenvalue weighted by atomic mass is 16.5. The van der Waals surface area contributed by atoms with E-state index < -0.39 is 54.3 Å². The molecule has 4 aromatic heterocycles. The van der Waals surface area contributed by atoms with Gasteiger partial charge in [0.1, 0.15) is 48.1 Å². The van der Waals surface area contributed by atoms with Gasteiger partial charge in [0.25, 0.3) is 17.7 Å². The molecule has 92 heavy (non-hydrogen) atoms. The van der Waals surface area contributed by atoms with Crippen molar-refractivity contribution >= 4 is 53.0 Å². The van der Waals surface area contributed by atoms with Crippen LogP contribution < -0.4 is 41.8 Å². The average molecular weight is 1270 g/mol. The zero-order chi connectivity index (χ0) is 65.5. The van der Waals surface area contributed by atoms with E-state index in [1.54, 1.807) is 47.4 Å². The Hall–Kier alpha value is -9.57. The van der Waals surface area contributed by atoms with Crippen LogP contribution in [0.15, 0.2) is 85.3 Å². The fourth-order valence-corrected chi connectivity index (χ4v) is 10.9. The van der Waals surface area contributed by atoms with E-state index in [0.717, 1.165) is 48.2 Å². The van der Waals surface area contributed by atoms with Crippen molar-refractivity contribution in [2.75, 3.05) is 51.9 Å². The fourth-order valence-electron chi connectivity index (χ4n) is 10.9. The molecule has 3 fully saturated rings. The molecule has 0 bridgehead atoms. The van der Waals surface area contributed by atoms with Crippen molar-refractivity contribution in [3.05, 3.63) is 114 Å². The minimum absolute atomic E-state index is 0.0305. The van der Waals surface area contributed by atoms with Crippen molar-refractivity contribution in [3.63, 3.8) is 0 Å². The number of pyridine rings is 1. The number of carbonyl (C=O) groups is 8. The molecule has 2 aromatic carbocycles. The number of nitrogens with zero attached hydrogens (tertiary/aromatic N) is 8. The van der Waals surface area contributed by atoms with Gasteiger partial charge in [0.15, 0.2) is 6.61 Å². The number of esters is 1. The monoisotopic (exact) mass is 1270 g/mol. The number of hydrogen-bond donors (Lipinski definition) is 7. The molecule has 28 nitrogen and oxygen atoms in total. The zero-order valence-corrected chi connectivity index (χ0v) is 52.6. The van der Waals surface area contributed by atoms with Crippen LogP contribution >= 0.6 is 0 Å². The van der Waals surface area contributed by atoms with Crippen LogP contribution in [0.3, 0.4) is 0 Å². The molecule has 5 heterocycles. The maximum Gasteiger partial charge on any atom is 0.328 e. The van der Waals surface area contributed by atoms with Crippen molar-refractivity contribution in [2.24, 2.45) is 28.9 Å². The summed E-state index contributed by atoms with van der Waals surface area (Å²) in [7, 11) is 1.27. The topological polar surface area (TPSA) is 362 Å². The lowest BCUT2D eigenvalue weighted by Gasteiger charge is -2.39. The highest BCUT2D eigenvalue weighted by Crippen LogP contribution is 2.51. The quantitative estimate of drug-likeness (QED) is 0.0218. The third kappa shape index (κ3) is 19.5. The van der Waals surface area contributed by atoms with Gasteiger partial charge in [-0.15, -0.1) is 5.10 Å². The molecule has 9 rings (SSSR count). The van der Waals surface area contributed by atoms with Gasteiger partial charge in [0.2, 0.25) is 29.5 Å². The molecule has 6 aromatic rings. The van der Waals surface area contributed by atoms with Gasteiger partial charge in [-0.2, -0.15) is 10.2 Å². The second-order valence-electron chi connectivity index (χ2n) is 24.7. The predicted molar refractivity (Wildman–Crippen MR) is 332 cm³/mol. The normalized spacial score (nSPS) is 14.9. The summed E-state index contributed by atoms with van der Waals surface area (Å²) in [6.45, 7) is 10.3. The van der Waals surface area contributed by atoms with E-state index >= 15 is 0 Å². The molecule has 2 aliphatic carbocycles. The third-order valence-electron chi connectivity index (χ3n) is 16.0. The van der Waals surface area contributed by atoms with E-state index in [1.165, 1.54) is 35.0 Å². The summed E-state index contributed by atoms with van der Waals surface area (Å²) in [6.07, 6.45) is 9.50. The molecule has 2 saturated carbocycles. The number of aryl methyl sites for hydroxylation is 3. The second kappa shape index (κ2) is 31.0. The number of carbonyl (C=O) groups excluding carboxylic acids is 8. The van der Waals surface area contributed by atoms with Crippen LogP contribution in [0.25, 0.3) is 11.1 Å². The van der Waals surface area contributed by atoms with Crippen LogP contribution in [0.5, 0.6) is 17.4 Å². The Bertz CT molecular complexity index is 3520. The van der Waals surface area contributed by atoms with Crippen LogP contribution in [0, 0.1) is 37.0 Å². The number of likely N-dealkylation sites (tertiary alicyclic amines) is 1. The number of anilines is 1. The lowest BCUT2D eigenvalue weighted by Crippen LogP contribution is -2.56. The minimum atomic E-state index is -0.820. The van der Waals surface area contributed by atoms with Gasteiger partial charge >= 0.3 is 5.97 Å². The van der Waals surface area contributed by atoms with E-state index in [2.05, 4.69) is 57.2 Å². The maximum absolute atomic E-state index is 14.1. The van der Waals surface area contributed by atoms with Crippen LogP contribution in [0.4, 0.5) is 5.69 Å². The Labute approximate surface area is 532 Å². The number of aromatic amines is 1. The molecule has 28 heteroatoms. The average Bonchev–Trinajstić information content (AvgIpc) is 1.64. The summed E-state index contributed by atoms with van der Waals surface area (Å²) in [4.78, 5) is 110. The smallest absolute Gasteiger partial charge is 0.328 e. The van der Waals surface area contributed by atoms with Crippen molar-refractivity contribution in [1.29, 1.82) is 0 Å². The number of nitrogens with two attached hydrogens (primary N) is 1. The Morgan fingerprint density at radius 1 is 0.859 bits per heavy atom. The van der Waals surface area contributed by atoms with Gasteiger partial charge in [-0.05, 0) is 124 Å². The van der Waals surface area contributed by atoms with Crippen LogP contribution in [0.2, 0.25) is 0 Å². The first kappa shape index (κ1) is 66.8. The molecule has 490 valence electrons. The Morgan fingerprint density at radius 3 is 2.28 bits per heavy atom. The number of ether oxygens (including phenoxy) is 5. The van der Waals surface area contributed by atoms with Gasteiger partial charge in [-0.25, -0.2) is 14.5 Å². The highest BCUT2D eigenvalue weighted by Gasteiger charge is 2.48. The summed E-state index contributed by atoms with van der Waals surface area (Å²) < 4.78 is 30.9. The molecular formula is C64H81N15O13. The van der Waals surface area contributed by atoms with E-state index in [4.69, 9.17) is 29.4 Å². The van der Waals surface area contributed by atoms with Crippen molar-refractivity contribution in [2.45, 2.75) is 130 Å². The molecule has 3 atom stereocenters. The van der Waals surface area contributed by atoms with E-state index in [1.807, 2.05) is 58.9 Å². The summed E-state index contributed by atoms with van der Waals surface area (Å²) in [5.41, 5.74) is 10.9. The fraction of sp³-hybridized carbons (Fsp3) is 0.484. The molecule has 0 radical (unpaired) electrons. The standard InChI is InChI=1S/C64H81N15O13/c1-38-57(39(2)74-73-38)40-15-18-44(19-16-40)70-62(86)59(58(41-11-12-41)42-13-14-42)72-61(85)51-22-25-68-79(51)26-8-24-66-53(81)33-78-30-46(75-76-78)34-89-37-56(83)77-31-49(32-77)90-35-45(27-52(65)80)69-54(82)36-91-47-9-7-10-48(28-47)92-55-20-17-43(29-67-55)60(84)71-50(63(87)88-6)21-23-64(3,4)5/h7,9-10,15-20,22,25,28-30,41-42,45,49-50,58-59H,8,11-14,21,23-24,26-27,31-37H2,1-6H3,(H2,65,80)(H,66,81)(H,69,82)(H,70,86)(H,71,84)(H,72,85)(H,73,74)/t45?,50-,59-/m0/s1. The lowest BCUT2D eigenvalue weighted by molar-refractivity contribution is -0.151. The molecule has 1 saturated heterocycles. The van der Waals surface area contributed by atoms with Crippen LogP contribution in [-0.2, 0) is 62.7 Å². The van der Waals surface area contributed by atoms with E-state index in [0.29, 0.717) is 66.2 Å². The number of rotatable bonds is 34. The van der Waals surface area contributed by atoms with E-state index in [9.17, 15) is 38.4 Å². The summed E-state index contributed by atoms with van der Waals surface area (Å²) in [5.74, 6) is -1.92. The number of nitrogens with one attached hydrogen (secondary N) is 6. The molecule has 3 aliphatic rings. The molecule has 8 N–H and O–H groups in total. The number of hydrogen-bond acceptors (Lipinski definition) is 18. The summed E-state index contributed by atoms with van der Waals surface area (Å²) >= 11 is 0. The second-order valence-corrected chi connectivity index (χ2v) is 24.7. The summed E-state index contributed by atoms with van der Waals surface area (Å²) in [5, 5.41) is 34.2. The lowest BCUT2D eigenvalue weighted by atomic mass is 9.88. The van der Waals surface area contributed by atoms with E-state index in [-0.39, 0.29) is 99.0 Å². The zero-order valence-electron chi connectivity index (χ0n) is 52.6. The largest absolute Gasteiger partial charge is 0.484 e. The first-order valence-electron chi connectivity index (χ1n) is 30.9. The van der Waals surface area contributed by atoms with Crippen LogP contribution in [-0.4, -0.2) is 163 Å². The molecular weight excluding hydrogens is 1190 g/mol. The van der Waals surface area contributed by atoms with Crippen LogP contribution in [0.1, 0.15) is 110 Å². The number of amides is 7. The van der Waals surface area contributed by atoms with Gasteiger partial charge in [-0.3, -0.25) is 43.3 Å². The molecule has 1 unspecified atom stereocenters. The van der Waals surface area contributed by atoms with Gasteiger partial charge < -0.3 is 60.9 Å². The number of benzene rings is 2. The third-order valence-corrected chi connectivity index (χ3v) is 16.0. The Morgan fingerprint density at radius 2 is 1.61 bits per heavy atom. The van der Waals surface area contributed by atoms with Crippen molar-refractivity contribution < 1.29 is 62.0 Å². The Kier molecular flexibility index (Phi) is 22.5. The SMILES string of the molecule is COC(=O)[C@H](CCC(C)(C)C)NC(=O)c1ccc(Oc2cccc(OCC(=O)NC(COC3CN(C(=O)COCc4cn(CC(=O)NCCCn5nccc5C(=O)N[C@H](C(=O)Nc5ccc(-c6c(C)n[nH]c6C)cc5)C(C5CC5)C5CC5)nn4)C3)CC(N)=O)c2)nc1. The van der Waals surface area contributed by atoms with Gasteiger partial charge in [0.05, 0.1) is 49.9 Å². The number of H-pyrrole nitrogens is 1. The highest BCUT2D eigenvalue weighted by molar-refractivity contribution is 6.01. The Balaban J connectivity index is 0.637. The number of primary amides is 1. The van der Waals surface area contributed by atoms with Crippen molar-refractivity contribution in [1.82, 2.24) is 66.1 Å². The summed E-state index contributed by atoms with van der Waals surface area (Å²) in [6, 6.07) is 16.4. The number of methoxy groups -OCH3 is 1. The predicted octanol–water partition coefficient (Wildman–Crippen LogP) is 4.33.